The number of carbonyl (C=O) groups excluding carboxylic acids is 2. The van der Waals surface area contributed by atoms with Crippen LogP contribution in [0.15, 0.2) is 66.2 Å². The number of aromatic nitrogens is 1. The second-order valence-corrected chi connectivity index (χ2v) is 10.6. The number of carboxylic acids is 1. The van der Waals surface area contributed by atoms with Crippen LogP contribution < -0.4 is 14.8 Å². The van der Waals surface area contributed by atoms with E-state index in [-0.39, 0.29) is 12.0 Å². The molecule has 1 aliphatic carbocycles. The third-order valence-electron chi connectivity index (χ3n) is 6.52. The van der Waals surface area contributed by atoms with Gasteiger partial charge in [-0.2, -0.15) is 0 Å². The minimum absolute atomic E-state index is 0.0788. The van der Waals surface area contributed by atoms with E-state index in [1.807, 2.05) is 36.4 Å². The fourth-order valence-electron chi connectivity index (χ4n) is 4.59. The maximum atomic E-state index is 13.2. The molecule has 4 rings (SSSR count). The summed E-state index contributed by atoms with van der Waals surface area (Å²) >= 11 is 0. The first-order valence-electron chi connectivity index (χ1n) is 13.2. The highest BCUT2D eigenvalue weighted by Gasteiger charge is 2.38. The average Bonchev–Trinajstić information content (AvgIpc) is 3.35. The van der Waals surface area contributed by atoms with Gasteiger partial charge in [0.2, 0.25) is 5.91 Å². The molecule has 9 nitrogen and oxygen atoms in total. The smallest absolute Gasteiger partial charge is 0.332 e. The summed E-state index contributed by atoms with van der Waals surface area (Å²) in [5.41, 5.74) is 1.41. The lowest BCUT2D eigenvalue weighted by Gasteiger charge is -2.25. The zero-order chi connectivity index (χ0) is 29.0. The van der Waals surface area contributed by atoms with Crippen molar-refractivity contribution in [1.82, 2.24) is 10.3 Å². The Balaban J connectivity index is 1.61. The zero-order valence-electron chi connectivity index (χ0n) is 23.3. The van der Waals surface area contributed by atoms with Gasteiger partial charge in [-0.25, -0.2) is 14.6 Å². The van der Waals surface area contributed by atoms with Crippen molar-refractivity contribution in [2.45, 2.75) is 58.3 Å². The van der Waals surface area contributed by atoms with Gasteiger partial charge in [0.1, 0.15) is 29.2 Å². The van der Waals surface area contributed by atoms with Crippen molar-refractivity contribution >= 4 is 28.7 Å². The number of carbonyl (C=O) groups is 3. The van der Waals surface area contributed by atoms with Gasteiger partial charge in [0.15, 0.2) is 0 Å². The Kier molecular flexibility index (Phi) is 8.42. The first-order valence-corrected chi connectivity index (χ1v) is 13.2. The molecular weight excluding hydrogens is 512 g/mol. The number of benzene rings is 2. The molecule has 0 unspecified atom stereocenters. The van der Waals surface area contributed by atoms with E-state index in [0.717, 1.165) is 10.9 Å². The van der Waals surface area contributed by atoms with E-state index in [1.165, 1.54) is 6.08 Å². The molecule has 2 aromatic carbocycles. The zero-order valence-corrected chi connectivity index (χ0v) is 23.3. The van der Waals surface area contributed by atoms with Gasteiger partial charge >= 0.3 is 11.9 Å². The molecule has 3 atom stereocenters. The number of hydrogen-bond donors (Lipinski definition) is 2. The number of carboxylic acid groups (broad SMARTS) is 1. The predicted molar refractivity (Wildman–Crippen MR) is 150 cm³/mol. The van der Waals surface area contributed by atoms with E-state index in [0.29, 0.717) is 29.1 Å². The summed E-state index contributed by atoms with van der Waals surface area (Å²) in [5, 5.41) is 13.3. The number of fused-ring (bicyclic) bond motifs is 1. The number of esters is 1. The maximum Gasteiger partial charge on any atom is 0.332 e. The number of nitrogens with zero attached hydrogens (tertiary/aromatic N) is 1. The predicted octanol–water partition coefficient (Wildman–Crippen LogP) is 4.93. The molecule has 0 saturated heterocycles. The van der Waals surface area contributed by atoms with E-state index < -0.39 is 41.5 Å². The third-order valence-corrected chi connectivity index (χ3v) is 6.52. The van der Waals surface area contributed by atoms with Gasteiger partial charge in [-0.05, 0) is 45.4 Å². The normalized spacial score (nSPS) is 17.6. The van der Waals surface area contributed by atoms with Crippen molar-refractivity contribution in [3.05, 3.63) is 66.2 Å². The molecule has 1 aliphatic rings. The summed E-state index contributed by atoms with van der Waals surface area (Å²) in [4.78, 5) is 42.7. The molecule has 0 radical (unpaired) electrons. The largest absolute Gasteiger partial charge is 0.497 e. The highest BCUT2D eigenvalue weighted by Crippen LogP contribution is 2.36. The molecular formula is C31H34N2O7. The number of amides is 1. The highest BCUT2D eigenvalue weighted by atomic mass is 16.6. The van der Waals surface area contributed by atoms with E-state index >= 15 is 0 Å². The molecule has 9 heteroatoms. The Bertz CT molecular complexity index is 1440. The van der Waals surface area contributed by atoms with Crippen LogP contribution in [0, 0.1) is 5.92 Å². The summed E-state index contributed by atoms with van der Waals surface area (Å²) in [6.45, 7) is 6.97. The minimum atomic E-state index is -1.22. The summed E-state index contributed by atoms with van der Waals surface area (Å²) in [6.07, 6.45) is 1.16. The summed E-state index contributed by atoms with van der Waals surface area (Å²) < 4.78 is 17.1. The number of hydrogen-bond acceptors (Lipinski definition) is 7. The number of methoxy groups -OCH3 is 1. The number of aliphatic carboxylic acids is 1. The molecule has 0 aliphatic heterocycles. The number of nitrogens with one attached hydrogen (secondary N) is 1. The standard InChI is InChI=1S/C31H34N2O7/c1-6-24(30(37)40-31(2,3)4)33-28(34)22-14-20(15-23(22)29(35)36)39-27-17-25(18-10-8-7-9-11-18)32-26-16-19(38-5)12-13-21(26)27/h7-13,15-17,20,22,24H,6,14H2,1-5H3,(H,33,34)(H,35,36)/t20-,22-,24-/m0/s1. The van der Waals surface area contributed by atoms with Gasteiger partial charge in [-0.15, -0.1) is 0 Å². The quantitative estimate of drug-likeness (QED) is 0.362. The fraction of sp³-hybridized carbons (Fsp3) is 0.355. The summed E-state index contributed by atoms with van der Waals surface area (Å²) in [6, 6.07) is 16.0. The van der Waals surface area contributed by atoms with Crippen LogP contribution in [0.5, 0.6) is 11.5 Å². The monoisotopic (exact) mass is 546 g/mol. The van der Waals surface area contributed by atoms with Gasteiger partial charge in [0.25, 0.3) is 0 Å². The number of rotatable bonds is 9. The van der Waals surface area contributed by atoms with E-state index in [9.17, 15) is 19.5 Å². The highest BCUT2D eigenvalue weighted by molar-refractivity contribution is 5.98. The first kappa shape index (κ1) is 28.6. The molecule has 0 saturated carbocycles. The van der Waals surface area contributed by atoms with E-state index in [4.69, 9.17) is 19.2 Å². The lowest BCUT2D eigenvalue weighted by Crippen LogP contribution is -2.46. The van der Waals surface area contributed by atoms with Crippen molar-refractivity contribution in [2.24, 2.45) is 5.92 Å². The fourth-order valence-corrected chi connectivity index (χ4v) is 4.59. The van der Waals surface area contributed by atoms with Crippen molar-refractivity contribution < 1.29 is 33.7 Å². The van der Waals surface area contributed by atoms with Crippen molar-refractivity contribution in [2.75, 3.05) is 7.11 Å². The van der Waals surface area contributed by atoms with Gasteiger partial charge < -0.3 is 24.6 Å². The van der Waals surface area contributed by atoms with Crippen LogP contribution in [-0.2, 0) is 19.1 Å². The van der Waals surface area contributed by atoms with Crippen molar-refractivity contribution in [3.63, 3.8) is 0 Å². The molecule has 210 valence electrons. The Morgan fingerprint density at radius 2 is 1.82 bits per heavy atom. The summed E-state index contributed by atoms with van der Waals surface area (Å²) in [5.74, 6) is -2.21. The lowest BCUT2D eigenvalue weighted by atomic mass is 9.99. The summed E-state index contributed by atoms with van der Waals surface area (Å²) in [7, 11) is 1.58. The first-order chi connectivity index (χ1) is 19.0. The second kappa shape index (κ2) is 11.8. The van der Waals surface area contributed by atoms with Gasteiger partial charge in [-0.1, -0.05) is 37.3 Å². The number of pyridine rings is 1. The average molecular weight is 547 g/mol. The molecule has 3 aromatic rings. The molecule has 0 fully saturated rings. The minimum Gasteiger partial charge on any atom is -0.497 e. The van der Waals surface area contributed by atoms with Crippen LogP contribution >= 0.6 is 0 Å². The molecule has 1 aromatic heterocycles. The molecule has 1 amide bonds. The third kappa shape index (κ3) is 6.59. The maximum absolute atomic E-state index is 13.2. The Morgan fingerprint density at radius 1 is 1.10 bits per heavy atom. The lowest BCUT2D eigenvalue weighted by molar-refractivity contribution is -0.158. The molecule has 2 N–H and O–H groups in total. The van der Waals surface area contributed by atoms with Gasteiger partial charge in [0.05, 0.1) is 24.2 Å². The van der Waals surface area contributed by atoms with Gasteiger partial charge in [0, 0.05) is 35.1 Å². The van der Waals surface area contributed by atoms with Crippen LogP contribution in [0.3, 0.4) is 0 Å². The van der Waals surface area contributed by atoms with E-state index in [1.54, 1.807) is 53.0 Å². The van der Waals surface area contributed by atoms with Crippen LogP contribution in [0.4, 0.5) is 0 Å². The SMILES string of the molecule is CC[C@H](NC(=O)[C@H]1C[C@H](Oc2cc(-c3ccccc3)nc3cc(OC)ccc23)C=C1C(=O)O)C(=O)OC(C)(C)C. The second-order valence-electron chi connectivity index (χ2n) is 10.6. The van der Waals surface area contributed by atoms with Gasteiger partial charge in [-0.3, -0.25) is 4.79 Å². The molecule has 1 heterocycles. The van der Waals surface area contributed by atoms with Crippen LogP contribution in [-0.4, -0.2) is 52.8 Å². The van der Waals surface area contributed by atoms with Crippen molar-refractivity contribution in [3.8, 4) is 22.8 Å². The number of ether oxygens (including phenoxy) is 3. The van der Waals surface area contributed by atoms with Crippen molar-refractivity contribution in [1.29, 1.82) is 0 Å². The molecule has 0 bridgehead atoms. The Hall–Kier alpha value is -4.40. The topological polar surface area (TPSA) is 124 Å². The molecule has 40 heavy (non-hydrogen) atoms. The van der Waals surface area contributed by atoms with Crippen LogP contribution in [0.2, 0.25) is 0 Å². The van der Waals surface area contributed by atoms with E-state index in [2.05, 4.69) is 5.32 Å². The Labute approximate surface area is 233 Å². The van der Waals surface area contributed by atoms with Crippen LogP contribution in [0.1, 0.15) is 40.5 Å². The molecule has 0 spiro atoms. The Morgan fingerprint density at radius 3 is 2.45 bits per heavy atom. The van der Waals surface area contributed by atoms with Crippen LogP contribution in [0.25, 0.3) is 22.2 Å².